The van der Waals surface area contributed by atoms with E-state index in [0.29, 0.717) is 22.9 Å². The number of hydrogen-bond donors (Lipinski definition) is 2. The minimum Gasteiger partial charge on any atom is -0.390 e. The van der Waals surface area contributed by atoms with Gasteiger partial charge in [-0.05, 0) is 36.5 Å². The molecule has 18 heavy (non-hydrogen) atoms. The third-order valence-corrected chi connectivity index (χ3v) is 3.68. The fourth-order valence-corrected chi connectivity index (χ4v) is 2.63. The van der Waals surface area contributed by atoms with Crippen LogP contribution in [-0.2, 0) is 0 Å². The van der Waals surface area contributed by atoms with E-state index in [9.17, 15) is 10.2 Å². The highest BCUT2D eigenvalue weighted by atomic mass is 35.5. The van der Waals surface area contributed by atoms with Crippen molar-refractivity contribution in [2.45, 2.75) is 51.2 Å². The van der Waals surface area contributed by atoms with Gasteiger partial charge in [-0.2, -0.15) is 0 Å². The van der Waals surface area contributed by atoms with Crippen molar-refractivity contribution in [3.8, 4) is 0 Å². The molecule has 0 fully saturated rings. The maximum Gasteiger partial charge on any atom is 0.0804 e. The molecule has 3 unspecified atom stereocenters. The molecule has 1 aromatic rings. The molecule has 4 heteroatoms. The minimum atomic E-state index is -0.716. The summed E-state index contributed by atoms with van der Waals surface area (Å²) in [6, 6.07) is 5.35. The first-order valence-electron chi connectivity index (χ1n) is 6.26. The Bertz CT molecular complexity index is 382. The second kappa shape index (κ2) is 7.34. The molecule has 2 nitrogen and oxygen atoms in total. The molecule has 1 rings (SSSR count). The Morgan fingerprint density at radius 2 is 1.83 bits per heavy atom. The fourth-order valence-electron chi connectivity index (χ4n) is 2.04. The number of halogens is 2. The SMILES string of the molecule is CCCC(O)C(O)CC(C)c1ccc(Cl)cc1Cl. The summed E-state index contributed by atoms with van der Waals surface area (Å²) < 4.78 is 0. The van der Waals surface area contributed by atoms with Crippen molar-refractivity contribution in [2.75, 3.05) is 0 Å². The van der Waals surface area contributed by atoms with E-state index < -0.39 is 12.2 Å². The predicted octanol–water partition coefficient (Wildman–Crippen LogP) is 4.01. The second-order valence-electron chi connectivity index (χ2n) is 4.73. The molecule has 0 aromatic heterocycles. The molecule has 0 saturated heterocycles. The molecule has 0 amide bonds. The van der Waals surface area contributed by atoms with Crippen LogP contribution >= 0.6 is 23.2 Å². The summed E-state index contributed by atoms with van der Waals surface area (Å²) in [6.45, 7) is 3.96. The van der Waals surface area contributed by atoms with Crippen molar-refractivity contribution in [3.05, 3.63) is 33.8 Å². The lowest BCUT2D eigenvalue weighted by molar-refractivity contribution is 0.00638. The largest absolute Gasteiger partial charge is 0.390 e. The molecular formula is C14H20Cl2O2. The molecule has 102 valence electrons. The van der Waals surface area contributed by atoms with Crippen LogP contribution in [0.4, 0.5) is 0 Å². The van der Waals surface area contributed by atoms with Gasteiger partial charge in [0.15, 0.2) is 0 Å². The van der Waals surface area contributed by atoms with Gasteiger partial charge >= 0.3 is 0 Å². The van der Waals surface area contributed by atoms with E-state index in [-0.39, 0.29) is 5.92 Å². The zero-order valence-corrected chi connectivity index (χ0v) is 12.2. The summed E-state index contributed by atoms with van der Waals surface area (Å²) in [7, 11) is 0. The van der Waals surface area contributed by atoms with Gasteiger partial charge in [0.2, 0.25) is 0 Å². The Kier molecular flexibility index (Phi) is 6.44. The number of aliphatic hydroxyl groups excluding tert-OH is 2. The van der Waals surface area contributed by atoms with E-state index in [0.717, 1.165) is 12.0 Å². The van der Waals surface area contributed by atoms with Crippen LogP contribution in [0.15, 0.2) is 18.2 Å². The van der Waals surface area contributed by atoms with E-state index in [1.807, 2.05) is 19.9 Å². The molecule has 0 aliphatic carbocycles. The average molecular weight is 291 g/mol. The van der Waals surface area contributed by atoms with E-state index >= 15 is 0 Å². The van der Waals surface area contributed by atoms with Gasteiger partial charge in [-0.15, -0.1) is 0 Å². The Balaban J connectivity index is 2.67. The maximum atomic E-state index is 9.91. The van der Waals surface area contributed by atoms with Crippen LogP contribution in [0.25, 0.3) is 0 Å². The summed E-state index contributed by atoms with van der Waals surface area (Å²) in [4.78, 5) is 0. The van der Waals surface area contributed by atoms with Crippen LogP contribution in [0, 0.1) is 0 Å². The van der Waals surface area contributed by atoms with Gasteiger partial charge in [-0.25, -0.2) is 0 Å². The van der Waals surface area contributed by atoms with Crippen LogP contribution < -0.4 is 0 Å². The lowest BCUT2D eigenvalue weighted by Gasteiger charge is -2.21. The van der Waals surface area contributed by atoms with Gasteiger partial charge in [0.25, 0.3) is 0 Å². The van der Waals surface area contributed by atoms with E-state index in [1.54, 1.807) is 12.1 Å². The topological polar surface area (TPSA) is 40.5 Å². The zero-order valence-electron chi connectivity index (χ0n) is 10.7. The van der Waals surface area contributed by atoms with Crippen molar-refractivity contribution in [1.29, 1.82) is 0 Å². The first-order chi connectivity index (χ1) is 8.45. The second-order valence-corrected chi connectivity index (χ2v) is 5.57. The van der Waals surface area contributed by atoms with Crippen LogP contribution in [0.5, 0.6) is 0 Å². The van der Waals surface area contributed by atoms with E-state index in [1.165, 1.54) is 0 Å². The smallest absolute Gasteiger partial charge is 0.0804 e. The molecule has 0 bridgehead atoms. The Morgan fingerprint density at radius 3 is 2.39 bits per heavy atom. The fraction of sp³-hybridized carbons (Fsp3) is 0.571. The predicted molar refractivity (Wildman–Crippen MR) is 76.4 cm³/mol. The highest BCUT2D eigenvalue weighted by molar-refractivity contribution is 6.35. The number of hydrogen-bond acceptors (Lipinski definition) is 2. The van der Waals surface area contributed by atoms with Crippen LogP contribution in [0.3, 0.4) is 0 Å². The molecule has 0 aliphatic heterocycles. The van der Waals surface area contributed by atoms with Gasteiger partial charge in [-0.3, -0.25) is 0 Å². The average Bonchev–Trinajstić information content (AvgIpc) is 2.28. The molecule has 0 heterocycles. The van der Waals surface area contributed by atoms with Crippen LogP contribution in [-0.4, -0.2) is 22.4 Å². The van der Waals surface area contributed by atoms with E-state index in [4.69, 9.17) is 23.2 Å². The van der Waals surface area contributed by atoms with Crippen molar-refractivity contribution in [2.24, 2.45) is 0 Å². The van der Waals surface area contributed by atoms with Gasteiger partial charge in [0.05, 0.1) is 12.2 Å². The van der Waals surface area contributed by atoms with E-state index in [2.05, 4.69) is 0 Å². The van der Waals surface area contributed by atoms with Crippen molar-refractivity contribution < 1.29 is 10.2 Å². The summed E-state index contributed by atoms with van der Waals surface area (Å²) in [6.07, 6.45) is 0.578. The van der Waals surface area contributed by atoms with Gasteiger partial charge < -0.3 is 10.2 Å². The molecule has 0 aliphatic rings. The normalized spacial score (nSPS) is 16.3. The standard InChI is InChI=1S/C14H20Cl2O2/c1-3-4-13(17)14(18)7-9(2)11-6-5-10(15)8-12(11)16/h5-6,8-9,13-14,17-18H,3-4,7H2,1-2H3. The zero-order chi connectivity index (χ0) is 13.7. The number of benzene rings is 1. The quantitative estimate of drug-likeness (QED) is 0.831. The Morgan fingerprint density at radius 1 is 1.17 bits per heavy atom. The third kappa shape index (κ3) is 4.43. The maximum absolute atomic E-state index is 9.91. The van der Waals surface area contributed by atoms with Crippen LogP contribution in [0.1, 0.15) is 44.6 Å². The van der Waals surface area contributed by atoms with Gasteiger partial charge in [0.1, 0.15) is 0 Å². The lowest BCUT2D eigenvalue weighted by atomic mass is 9.92. The monoisotopic (exact) mass is 290 g/mol. The third-order valence-electron chi connectivity index (χ3n) is 3.12. The van der Waals surface area contributed by atoms with Crippen molar-refractivity contribution in [1.82, 2.24) is 0 Å². The molecule has 0 radical (unpaired) electrons. The Labute approximate surface area is 119 Å². The highest BCUT2D eigenvalue weighted by Gasteiger charge is 2.20. The first-order valence-corrected chi connectivity index (χ1v) is 7.02. The molecule has 0 spiro atoms. The number of rotatable bonds is 6. The molecule has 0 saturated carbocycles. The molecule has 1 aromatic carbocycles. The van der Waals surface area contributed by atoms with Crippen molar-refractivity contribution >= 4 is 23.2 Å². The minimum absolute atomic E-state index is 0.0799. The van der Waals surface area contributed by atoms with Gasteiger partial charge in [-0.1, -0.05) is 49.5 Å². The lowest BCUT2D eigenvalue weighted by Crippen LogP contribution is -2.27. The van der Waals surface area contributed by atoms with Crippen LogP contribution in [0.2, 0.25) is 10.0 Å². The summed E-state index contributed by atoms with van der Waals surface area (Å²) in [5.74, 6) is 0.0799. The summed E-state index contributed by atoms with van der Waals surface area (Å²) in [5, 5.41) is 20.8. The summed E-state index contributed by atoms with van der Waals surface area (Å²) in [5.41, 5.74) is 0.948. The number of aliphatic hydroxyl groups is 2. The molecule has 2 N–H and O–H groups in total. The van der Waals surface area contributed by atoms with Crippen molar-refractivity contribution in [3.63, 3.8) is 0 Å². The van der Waals surface area contributed by atoms with Gasteiger partial charge in [0, 0.05) is 10.0 Å². The molecular weight excluding hydrogens is 271 g/mol. The Hall–Kier alpha value is -0.280. The molecule has 3 atom stereocenters. The summed E-state index contributed by atoms with van der Waals surface area (Å²) >= 11 is 12.0. The first kappa shape index (κ1) is 15.8. The highest BCUT2D eigenvalue weighted by Crippen LogP contribution is 2.30.